The quantitative estimate of drug-likeness (QED) is 0.549. The summed E-state index contributed by atoms with van der Waals surface area (Å²) in [5.41, 5.74) is 2.48. The number of hydrogen-bond donors (Lipinski definition) is 0. The molecule has 1 aromatic heterocycles. The summed E-state index contributed by atoms with van der Waals surface area (Å²) >= 11 is 0. The number of carbonyl (C=O) groups is 1. The summed E-state index contributed by atoms with van der Waals surface area (Å²) in [6.07, 6.45) is 2.86. The first-order valence-electron chi connectivity index (χ1n) is 11.4. The summed E-state index contributed by atoms with van der Waals surface area (Å²) in [4.78, 5) is 22.0. The minimum Gasteiger partial charge on any atom is -0.497 e. The Balaban J connectivity index is 1.27. The molecule has 1 fully saturated rings. The summed E-state index contributed by atoms with van der Waals surface area (Å²) in [7, 11) is 1.63. The fourth-order valence-corrected chi connectivity index (χ4v) is 4.54. The third kappa shape index (κ3) is 4.85. The predicted molar refractivity (Wildman–Crippen MR) is 121 cm³/mol. The van der Waals surface area contributed by atoms with E-state index in [1.165, 1.54) is 11.1 Å². The van der Waals surface area contributed by atoms with Crippen LogP contribution in [-0.4, -0.2) is 52.1 Å². The molecule has 172 valence electrons. The molecular formula is C25H28N4O4. The van der Waals surface area contributed by atoms with Gasteiger partial charge in [0.2, 0.25) is 17.6 Å². The standard InChI is InChI=1S/C25H28N4O4/c1-31-20-8-10-21(11-9-20)32-17-23-26-24(33-27-23)16-29-15-19-7-3-2-6-18(19)14-22(29)25(30)28-12-4-5-13-28/h2-3,6-11,22H,4-5,12-17H2,1H3/t22-/m1/s1. The van der Waals surface area contributed by atoms with Crippen LogP contribution in [0.5, 0.6) is 11.5 Å². The van der Waals surface area contributed by atoms with E-state index >= 15 is 0 Å². The van der Waals surface area contributed by atoms with Crippen LogP contribution in [0.4, 0.5) is 0 Å². The monoisotopic (exact) mass is 448 g/mol. The molecule has 33 heavy (non-hydrogen) atoms. The van der Waals surface area contributed by atoms with E-state index in [2.05, 4.69) is 27.2 Å². The lowest BCUT2D eigenvalue weighted by atomic mass is 9.93. The molecule has 8 nitrogen and oxygen atoms in total. The van der Waals surface area contributed by atoms with E-state index in [1.807, 2.05) is 41.3 Å². The van der Waals surface area contributed by atoms with E-state index < -0.39 is 0 Å². The van der Waals surface area contributed by atoms with Gasteiger partial charge in [0, 0.05) is 19.6 Å². The molecule has 3 aromatic rings. The molecule has 0 unspecified atom stereocenters. The van der Waals surface area contributed by atoms with E-state index in [9.17, 15) is 4.79 Å². The van der Waals surface area contributed by atoms with Crippen LogP contribution >= 0.6 is 0 Å². The van der Waals surface area contributed by atoms with Crippen LogP contribution in [-0.2, 0) is 30.9 Å². The summed E-state index contributed by atoms with van der Waals surface area (Å²) in [5.74, 6) is 2.63. The average molecular weight is 449 g/mol. The van der Waals surface area contributed by atoms with Gasteiger partial charge in [0.25, 0.3) is 0 Å². The molecule has 2 aliphatic rings. The Bertz CT molecular complexity index is 1090. The fraction of sp³-hybridized carbons (Fsp3) is 0.400. The number of amides is 1. The number of hydrogen-bond acceptors (Lipinski definition) is 7. The third-order valence-corrected chi connectivity index (χ3v) is 6.32. The topological polar surface area (TPSA) is 80.9 Å². The summed E-state index contributed by atoms with van der Waals surface area (Å²) < 4.78 is 16.4. The Hall–Kier alpha value is -3.39. The van der Waals surface area contributed by atoms with Crippen LogP contribution in [0.1, 0.15) is 35.7 Å². The molecule has 8 heteroatoms. The number of ether oxygens (including phenoxy) is 2. The Kier molecular flexibility index (Phi) is 6.26. The van der Waals surface area contributed by atoms with Crippen molar-refractivity contribution in [2.75, 3.05) is 20.2 Å². The molecule has 0 bridgehead atoms. The highest BCUT2D eigenvalue weighted by Crippen LogP contribution is 2.27. The Labute approximate surface area is 193 Å². The minimum absolute atomic E-state index is 0.199. The number of carbonyl (C=O) groups excluding carboxylic acids is 1. The van der Waals surface area contributed by atoms with Crippen molar-refractivity contribution >= 4 is 5.91 Å². The zero-order valence-corrected chi connectivity index (χ0v) is 18.8. The maximum absolute atomic E-state index is 13.3. The number of aromatic nitrogens is 2. The number of fused-ring (bicyclic) bond motifs is 1. The second kappa shape index (κ2) is 9.62. The second-order valence-corrected chi connectivity index (χ2v) is 8.49. The van der Waals surface area contributed by atoms with Gasteiger partial charge in [-0.15, -0.1) is 0 Å². The van der Waals surface area contributed by atoms with E-state index in [4.69, 9.17) is 14.0 Å². The van der Waals surface area contributed by atoms with Crippen molar-refractivity contribution in [2.45, 2.75) is 45.0 Å². The number of likely N-dealkylation sites (tertiary alicyclic amines) is 1. The highest BCUT2D eigenvalue weighted by atomic mass is 16.5. The lowest BCUT2D eigenvalue weighted by Gasteiger charge is -2.37. The highest BCUT2D eigenvalue weighted by Gasteiger charge is 2.35. The van der Waals surface area contributed by atoms with Crippen molar-refractivity contribution in [3.63, 3.8) is 0 Å². The third-order valence-electron chi connectivity index (χ3n) is 6.32. The van der Waals surface area contributed by atoms with Gasteiger partial charge in [0.15, 0.2) is 6.61 Å². The van der Waals surface area contributed by atoms with Gasteiger partial charge in [0.1, 0.15) is 11.5 Å². The summed E-state index contributed by atoms with van der Waals surface area (Å²) in [6, 6.07) is 15.5. The Morgan fingerprint density at radius 2 is 1.79 bits per heavy atom. The first kappa shape index (κ1) is 21.5. The molecule has 0 aliphatic carbocycles. The predicted octanol–water partition coefficient (Wildman–Crippen LogP) is 3.21. The molecule has 0 radical (unpaired) electrons. The number of nitrogens with zero attached hydrogens (tertiary/aromatic N) is 4. The number of benzene rings is 2. The van der Waals surface area contributed by atoms with Gasteiger partial charge in [-0.05, 0) is 54.7 Å². The molecule has 0 spiro atoms. The molecule has 5 rings (SSSR count). The van der Waals surface area contributed by atoms with Crippen molar-refractivity contribution in [2.24, 2.45) is 0 Å². The van der Waals surface area contributed by atoms with E-state index in [0.717, 1.165) is 31.7 Å². The van der Waals surface area contributed by atoms with Crippen LogP contribution in [0, 0.1) is 0 Å². The molecule has 2 aliphatic heterocycles. The first-order valence-corrected chi connectivity index (χ1v) is 11.4. The van der Waals surface area contributed by atoms with Crippen LogP contribution in [0.25, 0.3) is 0 Å². The largest absolute Gasteiger partial charge is 0.497 e. The number of methoxy groups -OCH3 is 1. The van der Waals surface area contributed by atoms with Crippen molar-refractivity contribution in [3.05, 3.63) is 71.4 Å². The molecule has 1 amide bonds. The molecule has 2 aromatic carbocycles. The normalized spacial score (nSPS) is 18.2. The van der Waals surface area contributed by atoms with Gasteiger partial charge in [-0.3, -0.25) is 9.69 Å². The lowest BCUT2D eigenvalue weighted by molar-refractivity contribution is -0.137. The van der Waals surface area contributed by atoms with Gasteiger partial charge in [0.05, 0.1) is 19.7 Å². The van der Waals surface area contributed by atoms with Gasteiger partial charge in [-0.1, -0.05) is 29.4 Å². The zero-order chi connectivity index (χ0) is 22.6. The average Bonchev–Trinajstić information content (AvgIpc) is 3.55. The maximum atomic E-state index is 13.3. The highest BCUT2D eigenvalue weighted by molar-refractivity contribution is 5.82. The summed E-state index contributed by atoms with van der Waals surface area (Å²) in [6.45, 7) is 3.00. The maximum Gasteiger partial charge on any atom is 0.240 e. The molecular weight excluding hydrogens is 420 g/mol. The molecule has 0 N–H and O–H groups in total. The SMILES string of the molecule is COc1ccc(OCc2noc(CN3Cc4ccccc4C[C@@H]3C(=O)N3CCCC3)n2)cc1. The first-order chi connectivity index (χ1) is 16.2. The molecule has 1 saturated heterocycles. The van der Waals surface area contributed by atoms with Crippen molar-refractivity contribution in [1.82, 2.24) is 19.9 Å². The van der Waals surface area contributed by atoms with E-state index in [1.54, 1.807) is 7.11 Å². The van der Waals surface area contributed by atoms with Crippen LogP contribution < -0.4 is 9.47 Å². The minimum atomic E-state index is -0.219. The van der Waals surface area contributed by atoms with Crippen molar-refractivity contribution in [3.8, 4) is 11.5 Å². The Morgan fingerprint density at radius 3 is 2.55 bits per heavy atom. The van der Waals surface area contributed by atoms with Crippen LogP contribution in [0.2, 0.25) is 0 Å². The molecule has 3 heterocycles. The summed E-state index contributed by atoms with van der Waals surface area (Å²) in [5, 5.41) is 4.06. The Morgan fingerprint density at radius 1 is 1.06 bits per heavy atom. The smallest absolute Gasteiger partial charge is 0.240 e. The van der Waals surface area contributed by atoms with E-state index in [0.29, 0.717) is 37.0 Å². The van der Waals surface area contributed by atoms with Crippen molar-refractivity contribution < 1.29 is 18.8 Å². The van der Waals surface area contributed by atoms with Crippen LogP contribution in [0.3, 0.4) is 0 Å². The lowest BCUT2D eigenvalue weighted by Crippen LogP contribution is -2.50. The van der Waals surface area contributed by atoms with Gasteiger partial charge in [-0.25, -0.2) is 0 Å². The van der Waals surface area contributed by atoms with Crippen LogP contribution in [0.15, 0.2) is 53.1 Å². The fourth-order valence-electron chi connectivity index (χ4n) is 4.54. The zero-order valence-electron chi connectivity index (χ0n) is 18.8. The number of rotatable bonds is 7. The molecule has 1 atom stereocenters. The van der Waals surface area contributed by atoms with Gasteiger partial charge >= 0.3 is 0 Å². The van der Waals surface area contributed by atoms with E-state index in [-0.39, 0.29) is 18.6 Å². The van der Waals surface area contributed by atoms with Crippen molar-refractivity contribution in [1.29, 1.82) is 0 Å². The van der Waals surface area contributed by atoms with Gasteiger partial charge < -0.3 is 18.9 Å². The molecule has 0 saturated carbocycles. The second-order valence-electron chi connectivity index (χ2n) is 8.49. The van der Waals surface area contributed by atoms with Gasteiger partial charge in [-0.2, -0.15) is 4.98 Å².